The van der Waals surface area contributed by atoms with Crippen molar-refractivity contribution < 1.29 is 9.59 Å². The van der Waals surface area contributed by atoms with Crippen LogP contribution in [0.3, 0.4) is 0 Å². The van der Waals surface area contributed by atoms with E-state index < -0.39 is 17.2 Å². The zero-order chi connectivity index (χ0) is 25.3. The summed E-state index contributed by atoms with van der Waals surface area (Å²) in [5.41, 5.74) is 1.59. The highest BCUT2D eigenvalue weighted by atomic mass is 35.5. The van der Waals surface area contributed by atoms with E-state index in [4.69, 9.17) is 11.6 Å². The number of hydrogen-bond acceptors (Lipinski definition) is 5. The summed E-state index contributed by atoms with van der Waals surface area (Å²) in [5, 5.41) is 5.44. The van der Waals surface area contributed by atoms with E-state index in [0.29, 0.717) is 12.2 Å². The summed E-state index contributed by atoms with van der Waals surface area (Å²) in [6.07, 6.45) is 0. The van der Waals surface area contributed by atoms with Gasteiger partial charge in [-0.2, -0.15) is 4.98 Å². The number of anilines is 1. The predicted molar refractivity (Wildman–Crippen MR) is 133 cm³/mol. The summed E-state index contributed by atoms with van der Waals surface area (Å²) >= 11 is 6.20. The van der Waals surface area contributed by atoms with Crippen LogP contribution in [0.1, 0.15) is 21.5 Å². The normalized spacial score (nSPS) is 11.0. The Morgan fingerprint density at radius 1 is 1.00 bits per heavy atom. The molecular formula is C24H23ClN6O4. The van der Waals surface area contributed by atoms with Crippen LogP contribution in [0.5, 0.6) is 0 Å². The fourth-order valence-corrected chi connectivity index (χ4v) is 3.90. The number of carbonyl (C=O) groups excluding carboxylic acids is 2. The second kappa shape index (κ2) is 9.59. The molecule has 0 aliphatic heterocycles. The van der Waals surface area contributed by atoms with Crippen LogP contribution >= 0.6 is 11.6 Å². The summed E-state index contributed by atoms with van der Waals surface area (Å²) in [5.74, 6) is -0.877. The maximum atomic E-state index is 12.9. The molecule has 2 amide bonds. The van der Waals surface area contributed by atoms with Crippen molar-refractivity contribution in [1.29, 1.82) is 0 Å². The minimum absolute atomic E-state index is 0.0267. The topological polar surface area (TPSA) is 120 Å². The van der Waals surface area contributed by atoms with Crippen LogP contribution in [-0.4, -0.2) is 30.5 Å². The fourth-order valence-electron chi connectivity index (χ4n) is 3.67. The van der Waals surface area contributed by atoms with Crippen LogP contribution in [0.4, 0.5) is 5.69 Å². The third kappa shape index (κ3) is 4.73. The molecular weight excluding hydrogens is 472 g/mol. The van der Waals surface area contributed by atoms with E-state index in [9.17, 15) is 19.2 Å². The molecule has 4 rings (SSSR count). The Kier molecular flexibility index (Phi) is 6.57. The number of benzene rings is 2. The highest BCUT2D eigenvalue weighted by Crippen LogP contribution is 2.18. The van der Waals surface area contributed by atoms with Gasteiger partial charge in [-0.25, -0.2) is 4.79 Å². The molecule has 0 aliphatic carbocycles. The molecule has 2 heterocycles. The van der Waals surface area contributed by atoms with Crippen molar-refractivity contribution in [3.63, 3.8) is 0 Å². The lowest BCUT2D eigenvalue weighted by molar-refractivity contribution is -0.116. The van der Waals surface area contributed by atoms with Gasteiger partial charge < -0.3 is 10.6 Å². The maximum Gasteiger partial charge on any atom is 0.332 e. The van der Waals surface area contributed by atoms with Crippen LogP contribution in [0.15, 0.2) is 58.1 Å². The number of fused-ring (bicyclic) bond motifs is 1. The molecule has 11 heteroatoms. The Balaban J connectivity index is 1.55. The highest BCUT2D eigenvalue weighted by Gasteiger charge is 2.20. The molecule has 0 unspecified atom stereocenters. The number of aromatic nitrogens is 4. The molecule has 0 saturated carbocycles. The minimum Gasteiger partial charge on any atom is -0.348 e. The zero-order valence-electron chi connectivity index (χ0n) is 19.3. The average molecular weight is 495 g/mol. The van der Waals surface area contributed by atoms with Gasteiger partial charge in [-0.05, 0) is 36.2 Å². The van der Waals surface area contributed by atoms with Crippen LogP contribution in [0.2, 0.25) is 5.28 Å². The van der Waals surface area contributed by atoms with Crippen molar-refractivity contribution in [2.24, 2.45) is 14.1 Å². The molecule has 0 fully saturated rings. The maximum absolute atomic E-state index is 12.9. The van der Waals surface area contributed by atoms with Gasteiger partial charge in [0.25, 0.3) is 11.5 Å². The van der Waals surface area contributed by atoms with Gasteiger partial charge in [-0.3, -0.25) is 28.1 Å². The lowest BCUT2D eigenvalue weighted by Crippen LogP contribution is -2.37. The minimum atomic E-state index is -0.619. The van der Waals surface area contributed by atoms with Gasteiger partial charge in [0, 0.05) is 20.6 Å². The molecule has 180 valence electrons. The zero-order valence-corrected chi connectivity index (χ0v) is 20.1. The van der Waals surface area contributed by atoms with Gasteiger partial charge in [0.15, 0.2) is 11.2 Å². The third-order valence-electron chi connectivity index (χ3n) is 5.62. The molecule has 0 spiro atoms. The van der Waals surface area contributed by atoms with Gasteiger partial charge in [0.2, 0.25) is 11.2 Å². The first-order valence-electron chi connectivity index (χ1n) is 10.7. The van der Waals surface area contributed by atoms with Crippen LogP contribution in [-0.2, 0) is 32.0 Å². The van der Waals surface area contributed by atoms with E-state index in [2.05, 4.69) is 15.6 Å². The molecule has 0 aliphatic rings. The van der Waals surface area contributed by atoms with Gasteiger partial charge in [0.05, 0.1) is 11.3 Å². The smallest absolute Gasteiger partial charge is 0.332 e. The molecule has 0 atom stereocenters. The summed E-state index contributed by atoms with van der Waals surface area (Å²) in [6, 6.07) is 14.4. The first kappa shape index (κ1) is 24.0. The van der Waals surface area contributed by atoms with Crippen molar-refractivity contribution in [2.45, 2.75) is 20.0 Å². The van der Waals surface area contributed by atoms with Gasteiger partial charge in [-0.1, -0.05) is 42.0 Å². The first-order valence-corrected chi connectivity index (χ1v) is 11.1. The SMILES string of the molecule is Cc1ccc(CNC(=O)c2ccccc2NC(=O)Cn2c(Cl)nc3c2c(=O)n(C)c(=O)n3C)cc1. The number of hydrogen-bond donors (Lipinski definition) is 2. The molecule has 2 N–H and O–H groups in total. The largest absolute Gasteiger partial charge is 0.348 e. The number of imidazole rings is 1. The summed E-state index contributed by atoms with van der Waals surface area (Å²) in [7, 11) is 2.80. The molecule has 35 heavy (non-hydrogen) atoms. The van der Waals surface area contributed by atoms with Gasteiger partial charge >= 0.3 is 5.69 Å². The summed E-state index contributed by atoms with van der Waals surface area (Å²) in [4.78, 5) is 54.6. The summed E-state index contributed by atoms with van der Waals surface area (Å²) < 4.78 is 3.33. The van der Waals surface area contributed by atoms with Crippen molar-refractivity contribution in [1.82, 2.24) is 24.0 Å². The van der Waals surface area contributed by atoms with Gasteiger partial charge in [-0.15, -0.1) is 0 Å². The number of amides is 2. The van der Waals surface area contributed by atoms with Crippen molar-refractivity contribution in [2.75, 3.05) is 5.32 Å². The second-order valence-electron chi connectivity index (χ2n) is 8.11. The van der Waals surface area contributed by atoms with Crippen LogP contribution in [0, 0.1) is 6.92 Å². The van der Waals surface area contributed by atoms with E-state index in [-0.39, 0.29) is 34.5 Å². The van der Waals surface area contributed by atoms with Crippen LogP contribution in [0.25, 0.3) is 11.2 Å². The number of nitrogens with one attached hydrogen (secondary N) is 2. The number of nitrogens with zero attached hydrogens (tertiary/aromatic N) is 4. The Morgan fingerprint density at radius 3 is 2.40 bits per heavy atom. The van der Waals surface area contributed by atoms with Gasteiger partial charge in [0.1, 0.15) is 6.54 Å². The summed E-state index contributed by atoms with van der Waals surface area (Å²) in [6.45, 7) is 1.97. The van der Waals surface area contributed by atoms with E-state index in [1.54, 1.807) is 24.3 Å². The number of aryl methyl sites for hydroxylation is 2. The quantitative estimate of drug-likeness (QED) is 0.397. The lowest BCUT2D eigenvalue weighted by Gasteiger charge is -2.12. The fraction of sp³-hybridized carbons (Fsp3) is 0.208. The van der Waals surface area contributed by atoms with Crippen molar-refractivity contribution in [3.8, 4) is 0 Å². The Morgan fingerprint density at radius 2 is 1.69 bits per heavy atom. The van der Waals surface area contributed by atoms with E-state index >= 15 is 0 Å². The monoisotopic (exact) mass is 494 g/mol. The molecule has 2 aromatic carbocycles. The van der Waals surface area contributed by atoms with E-state index in [1.165, 1.54) is 23.2 Å². The highest BCUT2D eigenvalue weighted by molar-refractivity contribution is 6.29. The number of carbonyl (C=O) groups is 2. The molecule has 0 saturated heterocycles. The molecule has 0 bridgehead atoms. The Hall–Kier alpha value is -4.18. The number of para-hydroxylation sites is 1. The molecule has 4 aromatic rings. The lowest BCUT2D eigenvalue weighted by atomic mass is 10.1. The standard InChI is InChI=1S/C24H23ClN6O4/c1-14-8-10-15(11-9-14)12-26-21(33)16-6-4-5-7-17(16)27-18(32)13-31-19-20(28-23(31)25)29(2)24(35)30(3)22(19)34/h4-11H,12-13H2,1-3H3,(H,26,33)(H,27,32). The number of halogens is 1. The van der Waals surface area contributed by atoms with Crippen molar-refractivity contribution >= 4 is 40.3 Å². The first-order chi connectivity index (χ1) is 16.7. The van der Waals surface area contributed by atoms with Crippen molar-refractivity contribution in [3.05, 3.63) is 91.3 Å². The number of rotatable bonds is 6. The van der Waals surface area contributed by atoms with E-state index in [1.807, 2.05) is 31.2 Å². The Bertz CT molecular complexity index is 1570. The average Bonchev–Trinajstić information content (AvgIpc) is 3.17. The predicted octanol–water partition coefficient (Wildman–Crippen LogP) is 1.96. The third-order valence-corrected chi connectivity index (χ3v) is 5.91. The second-order valence-corrected chi connectivity index (χ2v) is 8.45. The molecule has 2 aromatic heterocycles. The van der Waals surface area contributed by atoms with E-state index in [0.717, 1.165) is 15.7 Å². The molecule has 0 radical (unpaired) electrons. The Labute approximate surface area is 204 Å². The van der Waals surface area contributed by atoms with Crippen LogP contribution < -0.4 is 21.9 Å². The molecule has 10 nitrogen and oxygen atoms in total.